The minimum Gasteiger partial charge on any atom is -0.390 e. The molecule has 3 aliphatic rings. The molecule has 2 aliphatic heterocycles. The molecule has 0 radical (unpaired) electrons. The van der Waals surface area contributed by atoms with E-state index in [4.69, 9.17) is 4.98 Å². The van der Waals surface area contributed by atoms with Crippen LogP contribution in [0.1, 0.15) is 40.9 Å². The smallest absolute Gasteiger partial charge is 0.251 e. The fraction of sp³-hybridized carbons (Fsp3) is 0.517. The van der Waals surface area contributed by atoms with Gasteiger partial charge in [-0.25, -0.2) is 4.98 Å². The monoisotopic (exact) mass is 517 g/mol. The average Bonchev–Trinajstić information content (AvgIpc) is 3.28. The number of fused-ring (bicyclic) bond motifs is 3. The van der Waals surface area contributed by atoms with Gasteiger partial charge in [-0.3, -0.25) is 9.69 Å². The number of amides is 1. The Morgan fingerprint density at radius 2 is 1.97 bits per heavy atom. The molecule has 0 spiro atoms. The maximum Gasteiger partial charge on any atom is 0.251 e. The lowest BCUT2D eigenvalue weighted by molar-refractivity contribution is 0.0842. The van der Waals surface area contributed by atoms with Crippen molar-refractivity contribution in [1.29, 1.82) is 0 Å². The number of nitrogens with zero attached hydrogens (tertiary/aromatic N) is 4. The second-order valence-corrected chi connectivity index (χ2v) is 11.1. The summed E-state index contributed by atoms with van der Waals surface area (Å²) in [5, 5.41) is 18.5. The third kappa shape index (κ3) is 5.50. The molecule has 1 saturated carbocycles. The summed E-state index contributed by atoms with van der Waals surface area (Å²) >= 11 is 0. The second-order valence-electron chi connectivity index (χ2n) is 11.1. The zero-order valence-corrected chi connectivity index (χ0v) is 22.2. The molecular weight excluding hydrogens is 478 g/mol. The maximum atomic E-state index is 13.2. The summed E-state index contributed by atoms with van der Waals surface area (Å²) in [5.41, 5.74) is 4.38. The van der Waals surface area contributed by atoms with E-state index in [9.17, 15) is 9.90 Å². The first-order valence-corrected chi connectivity index (χ1v) is 14.0. The first-order chi connectivity index (χ1) is 18.5. The van der Waals surface area contributed by atoms with E-state index in [1.165, 1.54) is 28.6 Å². The summed E-state index contributed by atoms with van der Waals surface area (Å²) in [6.45, 7) is 6.18. The summed E-state index contributed by atoms with van der Waals surface area (Å²) in [6.07, 6.45) is 3.82. The number of likely N-dealkylation sites (N-methyl/N-ethyl adjacent to an activating group) is 1. The lowest BCUT2D eigenvalue weighted by atomic mass is 9.93. The number of rotatable bonds is 8. The fourth-order valence-electron chi connectivity index (χ4n) is 5.73. The van der Waals surface area contributed by atoms with Crippen molar-refractivity contribution < 1.29 is 9.90 Å². The molecule has 0 bridgehead atoms. The van der Waals surface area contributed by atoms with Crippen LogP contribution in [0.2, 0.25) is 0 Å². The number of nitrogens with one attached hydrogen (secondary N) is 3. The highest BCUT2D eigenvalue weighted by Crippen LogP contribution is 2.28. The Morgan fingerprint density at radius 3 is 2.76 bits per heavy atom. The highest BCUT2D eigenvalue weighted by molar-refractivity contribution is 5.95. The second kappa shape index (κ2) is 10.9. The molecule has 9 nitrogen and oxygen atoms in total. The van der Waals surface area contributed by atoms with Gasteiger partial charge < -0.3 is 30.5 Å². The van der Waals surface area contributed by atoms with Gasteiger partial charge in [-0.1, -0.05) is 18.2 Å². The molecule has 4 N–H and O–H groups in total. The first kappa shape index (κ1) is 25.2. The van der Waals surface area contributed by atoms with Gasteiger partial charge in [0.1, 0.15) is 11.6 Å². The Labute approximate surface area is 224 Å². The van der Waals surface area contributed by atoms with Crippen LogP contribution >= 0.6 is 0 Å². The van der Waals surface area contributed by atoms with E-state index in [0.29, 0.717) is 18.2 Å². The number of carbonyl (C=O) groups is 1. The van der Waals surface area contributed by atoms with Crippen LogP contribution in [0.25, 0.3) is 10.9 Å². The maximum absolute atomic E-state index is 13.2. The zero-order chi connectivity index (χ0) is 26.1. The molecule has 1 atom stereocenters. The van der Waals surface area contributed by atoms with Crippen molar-refractivity contribution >= 4 is 28.4 Å². The molecule has 2 fully saturated rings. The number of pyridine rings is 1. The average molecular weight is 518 g/mol. The van der Waals surface area contributed by atoms with Crippen molar-refractivity contribution in [2.24, 2.45) is 0 Å². The van der Waals surface area contributed by atoms with Gasteiger partial charge in [0.05, 0.1) is 6.10 Å². The summed E-state index contributed by atoms with van der Waals surface area (Å²) < 4.78 is 0. The predicted octanol–water partition coefficient (Wildman–Crippen LogP) is 2.43. The van der Waals surface area contributed by atoms with Gasteiger partial charge in [0.2, 0.25) is 0 Å². The van der Waals surface area contributed by atoms with E-state index in [2.05, 4.69) is 61.6 Å². The molecule has 9 heteroatoms. The number of piperazine rings is 1. The lowest BCUT2D eigenvalue weighted by Crippen LogP contribution is -2.45. The number of β-amino-alcohol motifs (C(OH)–C–C–N with tert-alkyl or cyclic N) is 1. The standard InChI is InChI=1S/C29H39N7O2/c1-34-11-13-36(14-12-34)28-16-20(15-27(33-28)31-21-5-4-6-21)29(38)30-17-22(37)18-35-10-9-26-24(19-35)23-7-2-3-8-25(23)32-26/h2-3,7-8,15-16,21-22,32,37H,4-6,9-14,17-19H2,1H3,(H,30,38)(H,31,33). The number of hydrogen-bond acceptors (Lipinski definition) is 7. The van der Waals surface area contributed by atoms with Gasteiger partial charge >= 0.3 is 0 Å². The van der Waals surface area contributed by atoms with Crippen molar-refractivity contribution in [3.63, 3.8) is 0 Å². The van der Waals surface area contributed by atoms with Crippen molar-refractivity contribution in [1.82, 2.24) is 25.1 Å². The zero-order valence-electron chi connectivity index (χ0n) is 22.2. The largest absolute Gasteiger partial charge is 0.390 e. The molecule has 1 saturated heterocycles. The van der Waals surface area contributed by atoms with Crippen LogP contribution < -0.4 is 15.5 Å². The number of aromatic amines is 1. The molecule has 2 aromatic heterocycles. The van der Waals surface area contributed by atoms with Gasteiger partial charge in [-0.05, 0) is 50.1 Å². The van der Waals surface area contributed by atoms with E-state index < -0.39 is 6.10 Å². The van der Waals surface area contributed by atoms with Crippen molar-refractivity contribution in [3.8, 4) is 0 Å². The number of benzene rings is 1. The minimum atomic E-state index is -0.641. The summed E-state index contributed by atoms with van der Waals surface area (Å²) in [6, 6.07) is 12.6. The van der Waals surface area contributed by atoms with Gasteiger partial charge in [-0.2, -0.15) is 0 Å². The number of hydrogen-bond donors (Lipinski definition) is 4. The first-order valence-electron chi connectivity index (χ1n) is 14.0. The van der Waals surface area contributed by atoms with Gasteiger partial charge in [0.25, 0.3) is 5.91 Å². The molecule has 1 aromatic carbocycles. The normalized spacial score (nSPS) is 19.7. The van der Waals surface area contributed by atoms with E-state index in [1.807, 2.05) is 12.1 Å². The van der Waals surface area contributed by atoms with Crippen LogP contribution in [-0.2, 0) is 13.0 Å². The molecule has 4 heterocycles. The molecule has 1 amide bonds. The molecule has 1 aliphatic carbocycles. The number of aliphatic hydroxyl groups excluding tert-OH is 1. The fourth-order valence-corrected chi connectivity index (χ4v) is 5.73. The topological polar surface area (TPSA) is 99.8 Å². The van der Waals surface area contributed by atoms with Gasteiger partial charge in [0, 0.05) is 87.0 Å². The van der Waals surface area contributed by atoms with E-state index in [-0.39, 0.29) is 12.5 Å². The SMILES string of the molecule is CN1CCN(c2cc(C(=O)NCC(O)CN3CCc4[nH]c5ccccc5c4C3)cc(NC3CCC3)n2)CC1. The Morgan fingerprint density at radius 1 is 1.16 bits per heavy atom. The van der Waals surface area contributed by atoms with E-state index >= 15 is 0 Å². The molecule has 6 rings (SSSR count). The Bertz CT molecular complexity index is 1280. The van der Waals surface area contributed by atoms with Gasteiger partial charge in [0.15, 0.2) is 0 Å². The van der Waals surface area contributed by atoms with Crippen LogP contribution in [-0.4, -0.2) is 95.8 Å². The van der Waals surface area contributed by atoms with E-state index in [1.54, 1.807) is 0 Å². The summed E-state index contributed by atoms with van der Waals surface area (Å²) in [4.78, 5) is 28.4. The number of aromatic nitrogens is 2. The van der Waals surface area contributed by atoms with Crippen LogP contribution in [0.15, 0.2) is 36.4 Å². The molecular formula is C29H39N7O2. The minimum absolute atomic E-state index is 0.170. The highest BCUT2D eigenvalue weighted by Gasteiger charge is 2.24. The van der Waals surface area contributed by atoms with Gasteiger partial charge in [-0.15, -0.1) is 0 Å². The third-order valence-corrected chi connectivity index (χ3v) is 8.29. The van der Waals surface area contributed by atoms with Crippen LogP contribution in [0, 0.1) is 0 Å². The van der Waals surface area contributed by atoms with Crippen LogP contribution in [0.5, 0.6) is 0 Å². The number of anilines is 2. The summed E-state index contributed by atoms with van der Waals surface area (Å²) in [5.74, 6) is 1.44. The van der Waals surface area contributed by atoms with E-state index in [0.717, 1.165) is 70.2 Å². The highest BCUT2D eigenvalue weighted by atomic mass is 16.3. The number of carbonyl (C=O) groups excluding carboxylic acids is 1. The Hall–Kier alpha value is -3.14. The predicted molar refractivity (Wildman–Crippen MR) is 151 cm³/mol. The van der Waals surface area contributed by atoms with Crippen LogP contribution in [0.4, 0.5) is 11.6 Å². The number of para-hydroxylation sites is 1. The third-order valence-electron chi connectivity index (χ3n) is 8.29. The summed E-state index contributed by atoms with van der Waals surface area (Å²) in [7, 11) is 2.13. The Kier molecular flexibility index (Phi) is 7.23. The number of aliphatic hydroxyl groups is 1. The molecule has 38 heavy (non-hydrogen) atoms. The van der Waals surface area contributed by atoms with Crippen molar-refractivity contribution in [2.75, 3.05) is 63.1 Å². The Balaban J connectivity index is 1.08. The van der Waals surface area contributed by atoms with Crippen molar-refractivity contribution in [2.45, 2.75) is 44.4 Å². The molecule has 1 unspecified atom stereocenters. The number of H-pyrrole nitrogens is 1. The quantitative estimate of drug-likeness (QED) is 0.364. The molecule has 3 aromatic rings. The van der Waals surface area contributed by atoms with Crippen molar-refractivity contribution in [3.05, 3.63) is 53.2 Å². The van der Waals surface area contributed by atoms with Crippen LogP contribution in [0.3, 0.4) is 0 Å². The molecule has 202 valence electrons. The lowest BCUT2D eigenvalue weighted by Gasteiger charge is -2.34.